The second kappa shape index (κ2) is 4.93. The largest absolute Gasteiger partial charge is 0.478 e. The molecule has 0 aliphatic carbocycles. The van der Waals surface area contributed by atoms with Crippen LogP contribution in [0.15, 0.2) is 34.9 Å². The third kappa shape index (κ3) is 2.62. The molecule has 0 aliphatic heterocycles. The van der Waals surface area contributed by atoms with Gasteiger partial charge in [0.15, 0.2) is 0 Å². The van der Waals surface area contributed by atoms with Crippen LogP contribution in [0.5, 0.6) is 0 Å². The summed E-state index contributed by atoms with van der Waals surface area (Å²) < 4.78 is 18.6. The van der Waals surface area contributed by atoms with Gasteiger partial charge in [0.25, 0.3) is 5.91 Å². The van der Waals surface area contributed by atoms with Crippen molar-refractivity contribution in [2.24, 2.45) is 0 Å². The summed E-state index contributed by atoms with van der Waals surface area (Å²) in [6.45, 7) is 1.66. The first-order chi connectivity index (χ1) is 8.99. The van der Waals surface area contributed by atoms with Gasteiger partial charge in [-0.1, -0.05) is 6.07 Å². The number of carbonyl (C=O) groups excluding carboxylic acids is 1. The van der Waals surface area contributed by atoms with Crippen molar-refractivity contribution in [2.45, 2.75) is 6.92 Å². The number of carbonyl (C=O) groups is 2. The number of furan rings is 1. The standard InChI is InChI=1S/C13H10FNO4/c1-7-5-8(6-19-7)12(16)15-11-9(13(17)18)3-2-4-10(11)14/h2-6H,1H3,(H,15,16)(H,17,18). The maximum atomic E-state index is 13.6. The Hall–Kier alpha value is -2.63. The van der Waals surface area contributed by atoms with Crippen molar-refractivity contribution in [1.29, 1.82) is 0 Å². The lowest BCUT2D eigenvalue weighted by Gasteiger charge is -2.08. The predicted molar refractivity (Wildman–Crippen MR) is 64.8 cm³/mol. The van der Waals surface area contributed by atoms with Gasteiger partial charge >= 0.3 is 5.97 Å². The van der Waals surface area contributed by atoms with Crippen LogP contribution in [0.1, 0.15) is 26.5 Å². The molecule has 1 aromatic heterocycles. The van der Waals surface area contributed by atoms with E-state index in [0.717, 1.165) is 6.07 Å². The van der Waals surface area contributed by atoms with Crippen molar-refractivity contribution in [3.63, 3.8) is 0 Å². The van der Waals surface area contributed by atoms with E-state index >= 15 is 0 Å². The minimum atomic E-state index is -1.32. The molecule has 19 heavy (non-hydrogen) atoms. The molecule has 0 bridgehead atoms. The average Bonchev–Trinajstić information content (AvgIpc) is 2.78. The van der Waals surface area contributed by atoms with Crippen LogP contribution in [0.2, 0.25) is 0 Å². The number of aryl methyl sites for hydroxylation is 1. The Morgan fingerprint density at radius 3 is 2.68 bits per heavy atom. The summed E-state index contributed by atoms with van der Waals surface area (Å²) in [7, 11) is 0. The Morgan fingerprint density at radius 1 is 1.37 bits per heavy atom. The van der Waals surface area contributed by atoms with E-state index in [1.165, 1.54) is 24.5 Å². The van der Waals surface area contributed by atoms with Gasteiger partial charge in [-0.2, -0.15) is 0 Å². The Labute approximate surface area is 107 Å². The van der Waals surface area contributed by atoms with Crippen LogP contribution in [0.25, 0.3) is 0 Å². The van der Waals surface area contributed by atoms with Crippen molar-refractivity contribution < 1.29 is 23.5 Å². The molecule has 5 nitrogen and oxygen atoms in total. The van der Waals surface area contributed by atoms with Gasteiger partial charge in [0.1, 0.15) is 17.8 Å². The lowest BCUT2D eigenvalue weighted by atomic mass is 10.1. The van der Waals surface area contributed by atoms with Gasteiger partial charge < -0.3 is 14.8 Å². The van der Waals surface area contributed by atoms with Crippen LogP contribution in [-0.2, 0) is 0 Å². The van der Waals surface area contributed by atoms with Crippen molar-refractivity contribution >= 4 is 17.6 Å². The highest BCUT2D eigenvalue weighted by Gasteiger charge is 2.18. The summed E-state index contributed by atoms with van der Waals surface area (Å²) >= 11 is 0. The maximum Gasteiger partial charge on any atom is 0.337 e. The quantitative estimate of drug-likeness (QED) is 0.892. The Balaban J connectivity index is 2.33. The van der Waals surface area contributed by atoms with Gasteiger partial charge in [-0.25, -0.2) is 9.18 Å². The summed E-state index contributed by atoms with van der Waals surface area (Å²) in [6.07, 6.45) is 1.21. The number of hydrogen-bond acceptors (Lipinski definition) is 3. The highest BCUT2D eigenvalue weighted by molar-refractivity contribution is 6.07. The third-order valence-corrected chi connectivity index (χ3v) is 2.48. The molecule has 1 heterocycles. The van der Waals surface area contributed by atoms with Gasteiger partial charge in [-0.05, 0) is 25.1 Å². The number of rotatable bonds is 3. The molecule has 2 N–H and O–H groups in total. The van der Waals surface area contributed by atoms with E-state index in [9.17, 15) is 14.0 Å². The summed E-state index contributed by atoms with van der Waals surface area (Å²) in [4.78, 5) is 22.8. The molecule has 0 saturated heterocycles. The van der Waals surface area contributed by atoms with Gasteiger partial charge in [0, 0.05) is 0 Å². The smallest absolute Gasteiger partial charge is 0.337 e. The Morgan fingerprint density at radius 2 is 2.11 bits per heavy atom. The van der Waals surface area contributed by atoms with E-state index in [4.69, 9.17) is 9.52 Å². The topological polar surface area (TPSA) is 79.5 Å². The first-order valence-electron chi connectivity index (χ1n) is 5.37. The maximum absolute atomic E-state index is 13.6. The molecule has 1 aromatic carbocycles. The van der Waals surface area contributed by atoms with E-state index in [1.54, 1.807) is 6.92 Å². The molecule has 1 amide bonds. The van der Waals surface area contributed by atoms with Gasteiger partial charge in [-0.3, -0.25) is 4.79 Å². The molecule has 0 spiro atoms. The monoisotopic (exact) mass is 263 g/mol. The molecular formula is C13H10FNO4. The first kappa shape index (κ1) is 12.8. The van der Waals surface area contributed by atoms with Gasteiger partial charge in [-0.15, -0.1) is 0 Å². The molecule has 0 aliphatic rings. The first-order valence-corrected chi connectivity index (χ1v) is 5.37. The number of aromatic carboxylic acids is 1. The van der Waals surface area contributed by atoms with E-state index in [2.05, 4.69) is 5.32 Å². The third-order valence-electron chi connectivity index (χ3n) is 2.48. The van der Waals surface area contributed by atoms with Crippen LogP contribution >= 0.6 is 0 Å². The second-order valence-corrected chi connectivity index (χ2v) is 3.87. The summed E-state index contributed by atoms with van der Waals surface area (Å²) in [6, 6.07) is 5.01. The normalized spacial score (nSPS) is 10.2. The SMILES string of the molecule is Cc1cc(C(=O)Nc2c(F)cccc2C(=O)O)co1. The van der Waals surface area contributed by atoms with Crippen molar-refractivity contribution in [1.82, 2.24) is 0 Å². The molecule has 0 unspecified atom stereocenters. The Bertz CT molecular complexity index is 648. The number of benzene rings is 1. The van der Waals surface area contributed by atoms with Crippen LogP contribution in [-0.4, -0.2) is 17.0 Å². The van der Waals surface area contributed by atoms with Gasteiger partial charge in [0.2, 0.25) is 0 Å². The molecule has 0 atom stereocenters. The minimum absolute atomic E-state index is 0.192. The molecule has 98 valence electrons. The fourth-order valence-electron chi connectivity index (χ4n) is 1.58. The number of halogens is 1. The molecule has 2 rings (SSSR count). The summed E-state index contributed by atoms with van der Waals surface area (Å²) in [5.74, 6) is -2.24. The lowest BCUT2D eigenvalue weighted by molar-refractivity contribution is 0.0697. The number of para-hydroxylation sites is 1. The number of nitrogens with one attached hydrogen (secondary N) is 1. The molecule has 0 saturated carbocycles. The second-order valence-electron chi connectivity index (χ2n) is 3.87. The van der Waals surface area contributed by atoms with E-state index in [0.29, 0.717) is 5.76 Å². The average molecular weight is 263 g/mol. The fourth-order valence-corrected chi connectivity index (χ4v) is 1.58. The Kier molecular flexibility index (Phi) is 3.33. The molecule has 2 aromatic rings. The predicted octanol–water partition coefficient (Wildman–Crippen LogP) is 2.68. The zero-order valence-electron chi connectivity index (χ0n) is 9.94. The number of carboxylic acids is 1. The van der Waals surface area contributed by atoms with E-state index < -0.39 is 17.7 Å². The van der Waals surface area contributed by atoms with Crippen LogP contribution in [0, 0.1) is 12.7 Å². The van der Waals surface area contributed by atoms with E-state index in [-0.39, 0.29) is 16.8 Å². The highest BCUT2D eigenvalue weighted by Crippen LogP contribution is 2.21. The molecule has 0 fully saturated rings. The van der Waals surface area contributed by atoms with Gasteiger partial charge in [0.05, 0.1) is 16.8 Å². The summed E-state index contributed by atoms with van der Waals surface area (Å²) in [5.41, 5.74) is -0.482. The van der Waals surface area contributed by atoms with Crippen molar-refractivity contribution in [3.05, 3.63) is 53.2 Å². The lowest BCUT2D eigenvalue weighted by Crippen LogP contribution is -2.15. The molecule has 0 radical (unpaired) electrons. The van der Waals surface area contributed by atoms with Crippen LogP contribution in [0.3, 0.4) is 0 Å². The van der Waals surface area contributed by atoms with Crippen molar-refractivity contribution in [3.8, 4) is 0 Å². The number of carboxylic acid groups (broad SMARTS) is 1. The zero-order valence-corrected chi connectivity index (χ0v) is 9.94. The van der Waals surface area contributed by atoms with Crippen molar-refractivity contribution in [2.75, 3.05) is 5.32 Å². The van der Waals surface area contributed by atoms with Crippen LogP contribution in [0.4, 0.5) is 10.1 Å². The van der Waals surface area contributed by atoms with E-state index in [1.807, 2.05) is 0 Å². The minimum Gasteiger partial charge on any atom is -0.478 e. The zero-order chi connectivity index (χ0) is 14.0. The number of anilines is 1. The fraction of sp³-hybridized carbons (Fsp3) is 0.0769. The van der Waals surface area contributed by atoms with Crippen LogP contribution < -0.4 is 5.32 Å². The highest BCUT2D eigenvalue weighted by atomic mass is 19.1. The molecular weight excluding hydrogens is 253 g/mol. The molecule has 6 heteroatoms. The number of amides is 1. The summed E-state index contributed by atoms with van der Waals surface area (Å²) in [5, 5.41) is 11.2. The number of hydrogen-bond donors (Lipinski definition) is 2.